The Bertz CT molecular complexity index is 1310. The van der Waals surface area contributed by atoms with Crippen LogP contribution in [0.3, 0.4) is 0 Å². The molecule has 1 aromatic heterocycles. The van der Waals surface area contributed by atoms with Crippen LogP contribution in [0.25, 0.3) is 0 Å². The number of carbonyl (C=O) groups is 6. The van der Waals surface area contributed by atoms with Crippen LogP contribution in [0.2, 0.25) is 0 Å². The Morgan fingerprint density at radius 2 is 1.51 bits per heavy atom. The molecule has 0 radical (unpaired) electrons. The van der Waals surface area contributed by atoms with Gasteiger partial charge < -0.3 is 34.3 Å². The van der Waals surface area contributed by atoms with Gasteiger partial charge in [0.05, 0.1) is 6.20 Å². The smallest absolute Gasteiger partial charge is 0.328 e. The predicted octanol–water partition coefficient (Wildman–Crippen LogP) is -2.62. The predicted molar refractivity (Wildman–Crippen MR) is 129 cm³/mol. The molecule has 1 fully saturated rings. The molecule has 2 rings (SSSR count). The number of aromatic amines is 1. The first-order chi connectivity index (χ1) is 19.1. The van der Waals surface area contributed by atoms with Crippen LogP contribution in [0.15, 0.2) is 15.8 Å². The Balaban J connectivity index is 2.29. The second-order valence-electron chi connectivity index (χ2n) is 8.78. The number of H-pyrrole nitrogens is 1. The van der Waals surface area contributed by atoms with Crippen LogP contribution in [0.5, 0.6) is 0 Å². The molecule has 18 heteroatoms. The first-order valence-electron chi connectivity index (χ1n) is 12.0. The van der Waals surface area contributed by atoms with Gasteiger partial charge in [0.15, 0.2) is 24.5 Å². The molecule has 0 aliphatic carbocycles. The minimum absolute atomic E-state index is 0.517. The monoisotopic (exact) mass is 588 g/mol. The van der Waals surface area contributed by atoms with Crippen molar-refractivity contribution in [2.75, 3.05) is 6.61 Å². The number of esters is 4. The van der Waals surface area contributed by atoms with E-state index >= 15 is 0 Å². The molecule has 1 unspecified atom stereocenters. The van der Waals surface area contributed by atoms with Gasteiger partial charge in [-0.15, -0.1) is 0 Å². The average Bonchev–Trinajstić information content (AvgIpc) is 2.84. The molecule has 1 aromatic rings. The first-order valence-corrected chi connectivity index (χ1v) is 12.0. The summed E-state index contributed by atoms with van der Waals surface area (Å²) < 4.78 is 40.5. The summed E-state index contributed by atoms with van der Waals surface area (Å²) in [6.07, 6.45) is -6.95. The van der Waals surface area contributed by atoms with Crippen LogP contribution in [0.1, 0.15) is 34.6 Å². The molecule has 0 bridgehead atoms. The van der Waals surface area contributed by atoms with Crippen molar-refractivity contribution in [2.45, 2.75) is 77.8 Å². The Kier molecular flexibility index (Phi) is 11.3. The maximum atomic E-state index is 13.5. The van der Waals surface area contributed by atoms with E-state index < -0.39 is 103 Å². The maximum Gasteiger partial charge on any atom is 0.328 e. The summed E-state index contributed by atoms with van der Waals surface area (Å²) in [4.78, 5) is 96.9. The fourth-order valence-electron chi connectivity index (χ4n) is 3.72. The highest BCUT2D eigenvalue weighted by atomic mass is 19.1. The Morgan fingerprint density at radius 1 is 0.951 bits per heavy atom. The van der Waals surface area contributed by atoms with E-state index in [1.54, 1.807) is 4.98 Å². The van der Waals surface area contributed by atoms with Gasteiger partial charge in [0.1, 0.15) is 25.3 Å². The molecule has 6 atom stereocenters. The molecule has 0 aromatic carbocycles. The van der Waals surface area contributed by atoms with Crippen molar-refractivity contribution in [3.8, 4) is 0 Å². The van der Waals surface area contributed by atoms with Gasteiger partial charge >= 0.3 is 29.6 Å². The zero-order valence-corrected chi connectivity index (χ0v) is 22.6. The number of amides is 2. The fourth-order valence-corrected chi connectivity index (χ4v) is 3.72. The molecule has 17 nitrogen and oxygen atoms in total. The van der Waals surface area contributed by atoms with Crippen molar-refractivity contribution < 1.29 is 56.8 Å². The summed E-state index contributed by atoms with van der Waals surface area (Å²) in [5, 5.41) is 4.62. The summed E-state index contributed by atoms with van der Waals surface area (Å²) in [7, 11) is 0. The third-order valence-corrected chi connectivity index (χ3v) is 5.33. The SMILES string of the molecule is CC(=O)OC[C@H]1O[C@@H](NC(=O)C(C)NC(=O)Cn2cc(F)c(=O)[nH]c2=O)[C@H](OC(C)=O)[C@@H](OC(C)=O)[C@H]1OC(C)=O. The molecule has 0 saturated carbocycles. The Hall–Kier alpha value is -4.61. The van der Waals surface area contributed by atoms with Crippen molar-refractivity contribution in [1.82, 2.24) is 20.2 Å². The highest BCUT2D eigenvalue weighted by molar-refractivity contribution is 5.87. The van der Waals surface area contributed by atoms with Crippen LogP contribution in [-0.2, 0) is 59.0 Å². The van der Waals surface area contributed by atoms with Gasteiger partial charge in [-0.2, -0.15) is 4.39 Å². The van der Waals surface area contributed by atoms with E-state index in [0.717, 1.165) is 27.7 Å². The second kappa shape index (κ2) is 14.1. The summed E-state index contributed by atoms with van der Waals surface area (Å²) in [5.41, 5.74) is -2.34. The summed E-state index contributed by atoms with van der Waals surface area (Å²) in [5.74, 6) is -6.52. The molecular formula is C23H29FN4O13. The van der Waals surface area contributed by atoms with Crippen LogP contribution in [0.4, 0.5) is 4.39 Å². The lowest BCUT2D eigenvalue weighted by atomic mass is 9.97. The van der Waals surface area contributed by atoms with Crippen molar-refractivity contribution in [3.63, 3.8) is 0 Å². The number of hydrogen-bond acceptors (Lipinski definition) is 13. The number of carbonyl (C=O) groups excluding carboxylic acids is 6. The van der Waals surface area contributed by atoms with E-state index in [-0.39, 0.29) is 0 Å². The van der Waals surface area contributed by atoms with E-state index in [2.05, 4.69) is 10.6 Å². The summed E-state index contributed by atoms with van der Waals surface area (Å²) in [6, 6.07) is -1.34. The normalized spacial score (nSPS) is 22.4. The third-order valence-electron chi connectivity index (χ3n) is 5.33. The zero-order chi connectivity index (χ0) is 31.0. The lowest BCUT2D eigenvalue weighted by Gasteiger charge is -2.44. The minimum atomic E-state index is -1.58. The zero-order valence-electron chi connectivity index (χ0n) is 22.6. The highest BCUT2D eigenvalue weighted by Gasteiger charge is 2.52. The Labute approximate surface area is 230 Å². The van der Waals surface area contributed by atoms with E-state index in [0.29, 0.717) is 10.8 Å². The lowest BCUT2D eigenvalue weighted by Crippen LogP contribution is -2.67. The van der Waals surface area contributed by atoms with Crippen LogP contribution in [-0.4, -0.2) is 88.5 Å². The van der Waals surface area contributed by atoms with Gasteiger partial charge in [0.25, 0.3) is 5.56 Å². The van der Waals surface area contributed by atoms with Crippen molar-refractivity contribution in [1.29, 1.82) is 0 Å². The van der Waals surface area contributed by atoms with E-state index in [9.17, 15) is 42.7 Å². The molecule has 2 amide bonds. The highest BCUT2D eigenvalue weighted by Crippen LogP contribution is 2.28. The molecule has 1 saturated heterocycles. The van der Waals surface area contributed by atoms with Crippen molar-refractivity contribution in [3.05, 3.63) is 32.9 Å². The van der Waals surface area contributed by atoms with Crippen LogP contribution in [0, 0.1) is 5.82 Å². The van der Waals surface area contributed by atoms with Gasteiger partial charge in [-0.1, -0.05) is 0 Å². The number of halogens is 1. The molecule has 1 aliphatic rings. The Morgan fingerprint density at radius 3 is 2.07 bits per heavy atom. The third kappa shape index (κ3) is 9.52. The molecular weight excluding hydrogens is 559 g/mol. The van der Waals surface area contributed by atoms with Crippen LogP contribution >= 0.6 is 0 Å². The quantitative estimate of drug-likeness (QED) is 0.188. The van der Waals surface area contributed by atoms with Gasteiger partial charge in [-0.3, -0.25) is 43.1 Å². The molecule has 3 N–H and O–H groups in total. The van der Waals surface area contributed by atoms with E-state index in [1.807, 2.05) is 0 Å². The minimum Gasteiger partial charge on any atom is -0.463 e. The fraction of sp³-hybridized carbons (Fsp3) is 0.565. The standard InChI is InChI=1S/C23H29FN4O13/c1-9(25-16(33)7-28-6-14(24)21(35)27-23(28)36)20(34)26-22-19(40-13(5)32)18(39-12(4)31)17(38-11(3)30)15(41-22)8-37-10(2)29/h6,9,15,17-19,22H,7-8H2,1-5H3,(H,25,33)(H,26,34)(H,27,35,36)/t9?,15-,17+,18+,19-,22-/m1/s1. The summed E-state index contributed by atoms with van der Waals surface area (Å²) in [6.45, 7) is 4.12. The van der Waals surface area contributed by atoms with E-state index in [1.165, 1.54) is 6.92 Å². The molecule has 1 aliphatic heterocycles. The second-order valence-corrected chi connectivity index (χ2v) is 8.78. The average molecular weight is 588 g/mol. The topological polar surface area (TPSA) is 227 Å². The molecule has 226 valence electrons. The van der Waals surface area contributed by atoms with Gasteiger partial charge in [-0.05, 0) is 6.92 Å². The molecule has 0 spiro atoms. The number of aromatic nitrogens is 2. The van der Waals surface area contributed by atoms with E-state index in [4.69, 9.17) is 23.7 Å². The number of nitrogens with zero attached hydrogens (tertiary/aromatic N) is 1. The number of nitrogens with one attached hydrogen (secondary N) is 3. The number of ether oxygens (including phenoxy) is 5. The maximum absolute atomic E-state index is 13.5. The summed E-state index contributed by atoms with van der Waals surface area (Å²) >= 11 is 0. The number of hydrogen-bond donors (Lipinski definition) is 3. The van der Waals surface area contributed by atoms with Crippen molar-refractivity contribution in [2.24, 2.45) is 0 Å². The van der Waals surface area contributed by atoms with Gasteiger partial charge in [0, 0.05) is 27.7 Å². The molecule has 2 heterocycles. The molecule has 41 heavy (non-hydrogen) atoms. The number of rotatable bonds is 10. The van der Waals surface area contributed by atoms with Gasteiger partial charge in [0.2, 0.25) is 17.6 Å². The first kappa shape index (κ1) is 32.6. The van der Waals surface area contributed by atoms with Crippen LogP contribution < -0.4 is 21.9 Å². The van der Waals surface area contributed by atoms with Crippen molar-refractivity contribution >= 4 is 35.7 Å². The lowest BCUT2D eigenvalue weighted by molar-refractivity contribution is -0.257. The van der Waals surface area contributed by atoms with Gasteiger partial charge in [-0.25, -0.2) is 4.79 Å². The largest absolute Gasteiger partial charge is 0.463 e.